The van der Waals surface area contributed by atoms with E-state index in [1.807, 2.05) is 20.8 Å². The number of aliphatic hydroxyl groups is 1. The normalized spacial score (nSPS) is 26.4. The van der Waals surface area contributed by atoms with Crippen molar-refractivity contribution in [2.75, 3.05) is 6.61 Å². The molecule has 0 spiro atoms. The van der Waals surface area contributed by atoms with Crippen LogP contribution in [0.25, 0.3) is 0 Å². The van der Waals surface area contributed by atoms with Crippen molar-refractivity contribution in [3.63, 3.8) is 0 Å². The van der Waals surface area contributed by atoms with Gasteiger partial charge < -0.3 is 15.2 Å². The van der Waals surface area contributed by atoms with Crippen LogP contribution in [-0.4, -0.2) is 29.4 Å². The minimum Gasteiger partial charge on any atom is -0.446 e. The average molecular weight is 215 g/mol. The summed E-state index contributed by atoms with van der Waals surface area (Å²) in [4.78, 5) is 11.5. The topological polar surface area (TPSA) is 58.6 Å². The highest BCUT2D eigenvalue weighted by Crippen LogP contribution is 2.27. The maximum absolute atomic E-state index is 11.5. The van der Waals surface area contributed by atoms with Crippen LogP contribution in [0.15, 0.2) is 0 Å². The minimum atomic E-state index is -0.382. The van der Waals surface area contributed by atoms with Crippen molar-refractivity contribution in [3.05, 3.63) is 0 Å². The van der Waals surface area contributed by atoms with Crippen LogP contribution < -0.4 is 5.32 Å². The summed E-state index contributed by atoms with van der Waals surface area (Å²) in [7, 11) is 0. The molecule has 1 saturated carbocycles. The predicted molar refractivity (Wildman–Crippen MR) is 57.6 cm³/mol. The average Bonchev–Trinajstić information content (AvgIpc) is 2.48. The van der Waals surface area contributed by atoms with Crippen molar-refractivity contribution in [3.8, 4) is 0 Å². The largest absolute Gasteiger partial charge is 0.446 e. The van der Waals surface area contributed by atoms with Gasteiger partial charge in [0.1, 0.15) is 6.10 Å². The monoisotopic (exact) mass is 215 g/mol. The SMILES string of the molecule is CC(C)(C)NC(=O)O[C@H]1CCC[C@H]1CO. The number of alkyl carbamates (subject to hydrolysis) is 1. The first-order valence-corrected chi connectivity index (χ1v) is 5.52. The van der Waals surface area contributed by atoms with E-state index in [-0.39, 0.29) is 30.3 Å². The first-order chi connectivity index (χ1) is 6.92. The third-order valence-electron chi connectivity index (χ3n) is 2.56. The minimum absolute atomic E-state index is 0.105. The summed E-state index contributed by atoms with van der Waals surface area (Å²) in [6, 6.07) is 0. The molecule has 0 heterocycles. The van der Waals surface area contributed by atoms with Gasteiger partial charge in [0, 0.05) is 18.1 Å². The van der Waals surface area contributed by atoms with E-state index < -0.39 is 0 Å². The van der Waals surface area contributed by atoms with Crippen LogP contribution in [0.1, 0.15) is 40.0 Å². The van der Waals surface area contributed by atoms with Gasteiger partial charge in [-0.05, 0) is 40.0 Å². The fourth-order valence-corrected chi connectivity index (χ4v) is 1.84. The van der Waals surface area contributed by atoms with Crippen molar-refractivity contribution in [2.24, 2.45) is 5.92 Å². The van der Waals surface area contributed by atoms with E-state index >= 15 is 0 Å². The van der Waals surface area contributed by atoms with E-state index in [4.69, 9.17) is 9.84 Å². The van der Waals surface area contributed by atoms with Crippen LogP contribution in [0.5, 0.6) is 0 Å². The van der Waals surface area contributed by atoms with Gasteiger partial charge >= 0.3 is 6.09 Å². The molecule has 0 saturated heterocycles. The van der Waals surface area contributed by atoms with Gasteiger partial charge in [-0.2, -0.15) is 0 Å². The Hall–Kier alpha value is -0.770. The smallest absolute Gasteiger partial charge is 0.407 e. The lowest BCUT2D eigenvalue weighted by Gasteiger charge is -2.23. The molecule has 4 heteroatoms. The Morgan fingerprint density at radius 3 is 2.67 bits per heavy atom. The van der Waals surface area contributed by atoms with Gasteiger partial charge in [-0.3, -0.25) is 0 Å². The van der Waals surface area contributed by atoms with E-state index in [0.29, 0.717) is 0 Å². The van der Waals surface area contributed by atoms with E-state index in [1.165, 1.54) is 0 Å². The standard InChI is InChI=1S/C11H21NO3/c1-11(2,3)12-10(14)15-9-6-4-5-8(9)7-13/h8-9,13H,4-7H2,1-3H3,(H,12,14)/t8-,9-/m0/s1. The van der Waals surface area contributed by atoms with Crippen LogP contribution in [0.4, 0.5) is 4.79 Å². The lowest BCUT2D eigenvalue weighted by molar-refractivity contribution is 0.0516. The molecule has 1 aliphatic rings. The quantitative estimate of drug-likeness (QED) is 0.736. The fourth-order valence-electron chi connectivity index (χ4n) is 1.84. The number of hydrogen-bond donors (Lipinski definition) is 2. The molecule has 0 unspecified atom stereocenters. The Morgan fingerprint density at radius 2 is 2.13 bits per heavy atom. The molecule has 2 N–H and O–H groups in total. The second kappa shape index (κ2) is 4.84. The molecule has 1 amide bonds. The predicted octanol–water partition coefficient (Wildman–Crippen LogP) is 1.67. The molecule has 0 aromatic carbocycles. The summed E-state index contributed by atoms with van der Waals surface area (Å²) in [6.07, 6.45) is 2.34. The highest BCUT2D eigenvalue weighted by Gasteiger charge is 2.30. The van der Waals surface area contributed by atoms with Crippen molar-refractivity contribution >= 4 is 6.09 Å². The van der Waals surface area contributed by atoms with Gasteiger partial charge in [0.25, 0.3) is 0 Å². The molecule has 1 fully saturated rings. The molecule has 0 aromatic heterocycles. The van der Waals surface area contributed by atoms with Gasteiger partial charge in [0.05, 0.1) is 0 Å². The highest BCUT2D eigenvalue weighted by atomic mass is 16.6. The Bertz CT molecular complexity index is 222. The van der Waals surface area contributed by atoms with Crippen LogP contribution in [0.3, 0.4) is 0 Å². The lowest BCUT2D eigenvalue weighted by Crippen LogP contribution is -2.43. The van der Waals surface area contributed by atoms with Gasteiger partial charge in [-0.15, -0.1) is 0 Å². The number of ether oxygens (including phenoxy) is 1. The molecule has 0 aromatic rings. The zero-order chi connectivity index (χ0) is 11.5. The molecule has 2 atom stereocenters. The summed E-state index contributed by atoms with van der Waals surface area (Å²) in [6.45, 7) is 5.83. The molecule has 1 aliphatic carbocycles. The molecule has 15 heavy (non-hydrogen) atoms. The van der Waals surface area contributed by atoms with Crippen LogP contribution in [0.2, 0.25) is 0 Å². The Morgan fingerprint density at radius 1 is 1.47 bits per heavy atom. The van der Waals surface area contributed by atoms with Crippen molar-refractivity contribution < 1.29 is 14.6 Å². The Labute approximate surface area is 91.0 Å². The van der Waals surface area contributed by atoms with Crippen molar-refractivity contribution in [2.45, 2.75) is 51.7 Å². The fraction of sp³-hybridized carbons (Fsp3) is 0.909. The van der Waals surface area contributed by atoms with Crippen molar-refractivity contribution in [1.82, 2.24) is 5.32 Å². The maximum atomic E-state index is 11.5. The summed E-state index contributed by atoms with van der Waals surface area (Å²) in [5.74, 6) is 0.121. The van der Waals surface area contributed by atoms with Crippen LogP contribution in [0, 0.1) is 5.92 Å². The summed E-state index contributed by atoms with van der Waals surface area (Å²) >= 11 is 0. The molecule has 0 aliphatic heterocycles. The first kappa shape index (κ1) is 12.3. The molecule has 4 nitrogen and oxygen atoms in total. The Balaban J connectivity index is 2.37. The number of hydrogen-bond acceptors (Lipinski definition) is 3. The van der Waals surface area contributed by atoms with Gasteiger partial charge in [0.15, 0.2) is 0 Å². The summed E-state index contributed by atoms with van der Waals surface area (Å²) in [5, 5.41) is 11.8. The van der Waals surface area contributed by atoms with E-state index in [2.05, 4.69) is 5.32 Å². The Kier molecular flexibility index (Phi) is 3.97. The van der Waals surface area contributed by atoms with E-state index in [1.54, 1.807) is 0 Å². The molecule has 0 radical (unpaired) electrons. The van der Waals surface area contributed by atoms with E-state index in [0.717, 1.165) is 19.3 Å². The van der Waals surface area contributed by atoms with Gasteiger partial charge in [-0.1, -0.05) is 0 Å². The second-order valence-corrected chi connectivity index (χ2v) is 5.19. The third-order valence-corrected chi connectivity index (χ3v) is 2.56. The number of amides is 1. The highest BCUT2D eigenvalue weighted by molar-refractivity contribution is 5.68. The number of rotatable bonds is 2. The summed E-state index contributed by atoms with van der Waals surface area (Å²) in [5.41, 5.74) is -0.273. The molecule has 1 rings (SSSR count). The lowest BCUT2D eigenvalue weighted by atomic mass is 10.1. The number of carbonyl (C=O) groups is 1. The second-order valence-electron chi connectivity index (χ2n) is 5.19. The first-order valence-electron chi connectivity index (χ1n) is 5.52. The van der Waals surface area contributed by atoms with Crippen molar-refractivity contribution in [1.29, 1.82) is 0 Å². The molecular weight excluding hydrogens is 194 g/mol. The van der Waals surface area contributed by atoms with Crippen LogP contribution >= 0.6 is 0 Å². The maximum Gasteiger partial charge on any atom is 0.407 e. The number of carbonyl (C=O) groups excluding carboxylic acids is 1. The van der Waals surface area contributed by atoms with Gasteiger partial charge in [-0.25, -0.2) is 4.79 Å². The van der Waals surface area contributed by atoms with Gasteiger partial charge in [0.2, 0.25) is 0 Å². The zero-order valence-corrected chi connectivity index (χ0v) is 9.75. The molecule has 88 valence electrons. The third kappa shape index (κ3) is 4.08. The summed E-state index contributed by atoms with van der Waals surface area (Å²) < 4.78 is 5.28. The van der Waals surface area contributed by atoms with Crippen LogP contribution in [-0.2, 0) is 4.74 Å². The zero-order valence-electron chi connectivity index (χ0n) is 9.75. The number of nitrogens with one attached hydrogen (secondary N) is 1. The number of aliphatic hydroxyl groups excluding tert-OH is 1. The van der Waals surface area contributed by atoms with E-state index in [9.17, 15) is 4.79 Å². The molecular formula is C11H21NO3. The molecule has 0 bridgehead atoms.